The lowest BCUT2D eigenvalue weighted by atomic mass is 9.98. The molecule has 3 nitrogen and oxygen atoms in total. The average molecular weight is 277 g/mol. The Balaban J connectivity index is 2.48. The van der Waals surface area contributed by atoms with Gasteiger partial charge in [-0.3, -0.25) is 4.98 Å². The van der Waals surface area contributed by atoms with Crippen molar-refractivity contribution in [2.75, 3.05) is 14.2 Å². The van der Waals surface area contributed by atoms with E-state index in [4.69, 9.17) is 16.3 Å². The summed E-state index contributed by atoms with van der Waals surface area (Å²) in [5, 5.41) is 3.96. The number of rotatable bonds is 4. The highest BCUT2D eigenvalue weighted by Crippen LogP contribution is 2.31. The maximum Gasteiger partial charge on any atom is 0.125 e. The molecule has 0 saturated carbocycles. The van der Waals surface area contributed by atoms with E-state index in [0.717, 1.165) is 22.4 Å². The van der Waals surface area contributed by atoms with Crippen molar-refractivity contribution in [1.29, 1.82) is 0 Å². The minimum atomic E-state index is 0.0274. The zero-order chi connectivity index (χ0) is 13.8. The molecule has 0 spiro atoms. The zero-order valence-electron chi connectivity index (χ0n) is 11.3. The van der Waals surface area contributed by atoms with Crippen LogP contribution in [-0.4, -0.2) is 19.1 Å². The van der Waals surface area contributed by atoms with Crippen LogP contribution in [0.3, 0.4) is 0 Å². The molecule has 1 unspecified atom stereocenters. The molecule has 2 aromatic rings. The van der Waals surface area contributed by atoms with Gasteiger partial charge in [0.1, 0.15) is 5.75 Å². The van der Waals surface area contributed by atoms with Crippen molar-refractivity contribution in [1.82, 2.24) is 10.3 Å². The van der Waals surface area contributed by atoms with Crippen molar-refractivity contribution >= 4 is 11.6 Å². The maximum atomic E-state index is 6.00. The largest absolute Gasteiger partial charge is 0.496 e. The third-order valence-electron chi connectivity index (χ3n) is 3.02. The van der Waals surface area contributed by atoms with Gasteiger partial charge >= 0.3 is 0 Å². The number of nitrogens with one attached hydrogen (secondary N) is 1. The first-order valence-electron chi connectivity index (χ1n) is 6.08. The predicted octanol–water partition coefficient (Wildman–Crippen LogP) is 3.36. The van der Waals surface area contributed by atoms with Crippen LogP contribution in [0, 0.1) is 6.92 Å². The highest BCUT2D eigenvalue weighted by atomic mass is 35.5. The van der Waals surface area contributed by atoms with E-state index in [0.29, 0.717) is 5.02 Å². The summed E-state index contributed by atoms with van der Waals surface area (Å²) >= 11 is 6.00. The smallest absolute Gasteiger partial charge is 0.125 e. The van der Waals surface area contributed by atoms with Crippen LogP contribution in [-0.2, 0) is 0 Å². The fraction of sp³-hybridized carbons (Fsp3) is 0.267. The Morgan fingerprint density at radius 1 is 1.26 bits per heavy atom. The molecule has 100 valence electrons. The molecule has 0 aliphatic heterocycles. The summed E-state index contributed by atoms with van der Waals surface area (Å²) < 4.78 is 5.42. The number of aryl methyl sites for hydroxylation is 1. The molecule has 0 radical (unpaired) electrons. The third-order valence-corrected chi connectivity index (χ3v) is 3.26. The van der Waals surface area contributed by atoms with Gasteiger partial charge in [-0.15, -0.1) is 0 Å². The molecule has 0 saturated heterocycles. The van der Waals surface area contributed by atoms with E-state index in [1.807, 2.05) is 44.6 Å². The summed E-state index contributed by atoms with van der Waals surface area (Å²) in [6, 6.07) is 7.81. The van der Waals surface area contributed by atoms with Crippen molar-refractivity contribution in [2.45, 2.75) is 13.0 Å². The summed E-state index contributed by atoms with van der Waals surface area (Å²) in [6.07, 6.45) is 3.71. The Morgan fingerprint density at radius 3 is 2.68 bits per heavy atom. The summed E-state index contributed by atoms with van der Waals surface area (Å²) in [5.74, 6) is 0.772. The number of hydrogen-bond donors (Lipinski definition) is 1. The van der Waals surface area contributed by atoms with E-state index in [2.05, 4.69) is 16.4 Å². The SMILES string of the molecule is CNC(c1cncc(C)c1)c1ccc(Cl)cc1OC. The van der Waals surface area contributed by atoms with Gasteiger partial charge in [0.2, 0.25) is 0 Å². The standard InChI is InChI=1S/C15H17ClN2O/c1-10-6-11(9-18-8-10)15(17-2)13-5-4-12(16)7-14(13)19-3/h4-9,15,17H,1-3H3. The lowest BCUT2D eigenvalue weighted by molar-refractivity contribution is 0.405. The normalized spacial score (nSPS) is 12.2. The van der Waals surface area contributed by atoms with Gasteiger partial charge in [-0.05, 0) is 37.2 Å². The van der Waals surface area contributed by atoms with Crippen molar-refractivity contribution < 1.29 is 4.74 Å². The Labute approximate surface area is 118 Å². The van der Waals surface area contributed by atoms with E-state index in [1.165, 1.54) is 0 Å². The van der Waals surface area contributed by atoms with Gasteiger partial charge in [-0.1, -0.05) is 23.7 Å². The fourth-order valence-corrected chi connectivity index (χ4v) is 2.32. The average Bonchev–Trinajstić information content (AvgIpc) is 2.41. The second-order valence-corrected chi connectivity index (χ2v) is 4.84. The molecular formula is C15H17ClN2O. The molecule has 0 fully saturated rings. The van der Waals surface area contributed by atoms with E-state index < -0.39 is 0 Å². The van der Waals surface area contributed by atoms with Gasteiger partial charge in [0.25, 0.3) is 0 Å². The van der Waals surface area contributed by atoms with Gasteiger partial charge in [0.05, 0.1) is 13.2 Å². The van der Waals surface area contributed by atoms with Crippen LogP contribution in [0.5, 0.6) is 5.75 Å². The lowest BCUT2D eigenvalue weighted by Crippen LogP contribution is -2.18. The van der Waals surface area contributed by atoms with E-state index in [1.54, 1.807) is 7.11 Å². The Morgan fingerprint density at radius 2 is 2.05 bits per heavy atom. The lowest BCUT2D eigenvalue weighted by Gasteiger charge is -2.20. The topological polar surface area (TPSA) is 34.2 Å². The minimum Gasteiger partial charge on any atom is -0.496 e. The first-order valence-corrected chi connectivity index (χ1v) is 6.45. The first kappa shape index (κ1) is 13.8. The summed E-state index contributed by atoms with van der Waals surface area (Å²) in [6.45, 7) is 2.03. The molecule has 2 rings (SSSR count). The second kappa shape index (κ2) is 6.04. The number of halogens is 1. The number of aromatic nitrogens is 1. The molecule has 1 aromatic carbocycles. The van der Waals surface area contributed by atoms with Gasteiger partial charge in [-0.25, -0.2) is 0 Å². The maximum absolute atomic E-state index is 6.00. The van der Waals surface area contributed by atoms with Crippen LogP contribution in [0.4, 0.5) is 0 Å². The van der Waals surface area contributed by atoms with Crippen LogP contribution in [0.1, 0.15) is 22.7 Å². The number of hydrogen-bond acceptors (Lipinski definition) is 3. The molecule has 19 heavy (non-hydrogen) atoms. The van der Waals surface area contributed by atoms with E-state index in [9.17, 15) is 0 Å². The second-order valence-electron chi connectivity index (χ2n) is 4.40. The predicted molar refractivity (Wildman–Crippen MR) is 77.9 cm³/mol. The van der Waals surface area contributed by atoms with Gasteiger partial charge < -0.3 is 10.1 Å². The number of ether oxygens (including phenoxy) is 1. The minimum absolute atomic E-state index is 0.0274. The van der Waals surface area contributed by atoms with Crippen LogP contribution >= 0.6 is 11.6 Å². The molecule has 0 amide bonds. The highest BCUT2D eigenvalue weighted by Gasteiger charge is 2.17. The molecule has 1 atom stereocenters. The van der Waals surface area contributed by atoms with Crippen molar-refractivity contribution in [3.05, 3.63) is 58.4 Å². The van der Waals surface area contributed by atoms with Gasteiger partial charge in [0.15, 0.2) is 0 Å². The quantitative estimate of drug-likeness (QED) is 0.930. The monoisotopic (exact) mass is 276 g/mol. The first-order chi connectivity index (χ1) is 9.15. The molecule has 0 bridgehead atoms. The number of pyridine rings is 1. The third kappa shape index (κ3) is 3.06. The van der Waals surface area contributed by atoms with Crippen LogP contribution < -0.4 is 10.1 Å². The van der Waals surface area contributed by atoms with Crippen LogP contribution in [0.2, 0.25) is 5.02 Å². The molecule has 0 aliphatic carbocycles. The van der Waals surface area contributed by atoms with E-state index in [-0.39, 0.29) is 6.04 Å². The van der Waals surface area contributed by atoms with Crippen LogP contribution in [0.15, 0.2) is 36.7 Å². The summed E-state index contributed by atoms with van der Waals surface area (Å²) in [7, 11) is 3.57. The Hall–Kier alpha value is -1.58. The zero-order valence-corrected chi connectivity index (χ0v) is 12.0. The molecule has 1 heterocycles. The Bertz CT molecular complexity index is 572. The molecule has 1 N–H and O–H groups in total. The van der Waals surface area contributed by atoms with Crippen molar-refractivity contribution in [2.24, 2.45) is 0 Å². The fourth-order valence-electron chi connectivity index (χ4n) is 2.16. The Kier molecular flexibility index (Phi) is 4.40. The van der Waals surface area contributed by atoms with Crippen LogP contribution in [0.25, 0.3) is 0 Å². The van der Waals surface area contributed by atoms with Crippen molar-refractivity contribution in [3.8, 4) is 5.75 Å². The summed E-state index contributed by atoms with van der Waals surface area (Å²) in [5.41, 5.74) is 3.27. The summed E-state index contributed by atoms with van der Waals surface area (Å²) in [4.78, 5) is 4.24. The number of benzene rings is 1. The molecule has 1 aromatic heterocycles. The number of nitrogens with zero attached hydrogens (tertiary/aromatic N) is 1. The van der Waals surface area contributed by atoms with E-state index >= 15 is 0 Å². The number of methoxy groups -OCH3 is 1. The molecular weight excluding hydrogens is 260 g/mol. The molecule has 0 aliphatic rings. The highest BCUT2D eigenvalue weighted by molar-refractivity contribution is 6.30. The molecule has 4 heteroatoms. The van der Waals surface area contributed by atoms with Crippen molar-refractivity contribution in [3.63, 3.8) is 0 Å². The van der Waals surface area contributed by atoms with Gasteiger partial charge in [0, 0.05) is 23.0 Å². The van der Waals surface area contributed by atoms with Gasteiger partial charge in [-0.2, -0.15) is 0 Å².